The Bertz CT molecular complexity index is 371. The van der Waals surface area contributed by atoms with Gasteiger partial charge in [-0.05, 0) is 25.2 Å². The molecule has 0 fully saturated rings. The zero-order valence-corrected chi connectivity index (χ0v) is 14.4. The molecule has 4 heteroatoms. The summed E-state index contributed by atoms with van der Waals surface area (Å²) in [5.74, 6) is 1.54. The molecule has 1 aromatic heterocycles. The quantitative estimate of drug-likeness (QED) is 0.709. The lowest BCUT2D eigenvalue weighted by Gasteiger charge is -2.31. The van der Waals surface area contributed by atoms with E-state index in [9.17, 15) is 0 Å². The zero-order chi connectivity index (χ0) is 15.7. The standard InChI is InChI=1S/C17H32N4/c1-6-9-18-17-11-19-15(10-20-17)13-21(12-14(4)5)16(7-2)8-3/h10-11,14,16H,6-9,12-13H2,1-5H3,(H,18,20). The van der Waals surface area contributed by atoms with E-state index >= 15 is 0 Å². The van der Waals surface area contributed by atoms with Crippen molar-refractivity contribution in [3.05, 3.63) is 18.1 Å². The number of rotatable bonds is 10. The number of hydrogen-bond donors (Lipinski definition) is 1. The Kier molecular flexibility index (Phi) is 8.28. The Balaban J connectivity index is 2.68. The number of nitrogens with one attached hydrogen (secondary N) is 1. The van der Waals surface area contributed by atoms with Crippen molar-refractivity contribution in [2.24, 2.45) is 5.92 Å². The minimum Gasteiger partial charge on any atom is -0.369 e. The molecule has 120 valence electrons. The van der Waals surface area contributed by atoms with E-state index in [2.05, 4.69) is 54.8 Å². The maximum Gasteiger partial charge on any atom is 0.144 e. The first-order chi connectivity index (χ1) is 10.1. The van der Waals surface area contributed by atoms with E-state index < -0.39 is 0 Å². The smallest absolute Gasteiger partial charge is 0.144 e. The van der Waals surface area contributed by atoms with Crippen LogP contribution in [0.5, 0.6) is 0 Å². The van der Waals surface area contributed by atoms with Gasteiger partial charge in [0.1, 0.15) is 5.82 Å². The minimum absolute atomic E-state index is 0.632. The summed E-state index contributed by atoms with van der Waals surface area (Å²) < 4.78 is 0. The molecule has 1 heterocycles. The maximum atomic E-state index is 4.56. The average molecular weight is 292 g/mol. The lowest BCUT2D eigenvalue weighted by atomic mass is 10.1. The summed E-state index contributed by atoms with van der Waals surface area (Å²) in [6, 6.07) is 0.632. The predicted octanol–water partition coefficient (Wildman–Crippen LogP) is 3.95. The van der Waals surface area contributed by atoms with Crippen molar-refractivity contribution in [3.63, 3.8) is 0 Å². The Hall–Kier alpha value is -1.16. The predicted molar refractivity (Wildman–Crippen MR) is 90.4 cm³/mol. The van der Waals surface area contributed by atoms with Crippen LogP contribution in [0.25, 0.3) is 0 Å². The fourth-order valence-corrected chi connectivity index (χ4v) is 2.61. The van der Waals surface area contributed by atoms with Gasteiger partial charge in [-0.15, -0.1) is 0 Å². The summed E-state index contributed by atoms with van der Waals surface area (Å²) in [6.45, 7) is 14.2. The number of anilines is 1. The fraction of sp³-hybridized carbons (Fsp3) is 0.765. The summed E-state index contributed by atoms with van der Waals surface area (Å²) in [4.78, 5) is 11.6. The molecule has 0 aliphatic rings. The van der Waals surface area contributed by atoms with E-state index in [0.29, 0.717) is 12.0 Å². The molecule has 1 aromatic rings. The highest BCUT2D eigenvalue weighted by molar-refractivity contribution is 5.30. The Labute approximate surface area is 130 Å². The van der Waals surface area contributed by atoms with Crippen LogP contribution in [0.4, 0.5) is 5.82 Å². The summed E-state index contributed by atoms with van der Waals surface area (Å²) in [5, 5.41) is 3.26. The summed E-state index contributed by atoms with van der Waals surface area (Å²) in [7, 11) is 0. The van der Waals surface area contributed by atoms with Gasteiger partial charge in [0.2, 0.25) is 0 Å². The molecule has 0 unspecified atom stereocenters. The molecule has 1 rings (SSSR count). The van der Waals surface area contributed by atoms with Gasteiger partial charge in [-0.25, -0.2) is 4.98 Å². The number of hydrogen-bond acceptors (Lipinski definition) is 4. The van der Waals surface area contributed by atoms with Crippen LogP contribution in [0.2, 0.25) is 0 Å². The third-order valence-electron chi connectivity index (χ3n) is 3.69. The van der Waals surface area contributed by atoms with Crippen molar-refractivity contribution in [3.8, 4) is 0 Å². The third-order valence-corrected chi connectivity index (χ3v) is 3.69. The lowest BCUT2D eigenvalue weighted by molar-refractivity contribution is 0.155. The highest BCUT2D eigenvalue weighted by Gasteiger charge is 2.17. The van der Waals surface area contributed by atoms with Crippen molar-refractivity contribution in [1.82, 2.24) is 14.9 Å². The highest BCUT2D eigenvalue weighted by Crippen LogP contribution is 2.15. The Morgan fingerprint density at radius 2 is 1.81 bits per heavy atom. The third kappa shape index (κ3) is 6.42. The average Bonchev–Trinajstić information content (AvgIpc) is 2.47. The molecule has 0 aromatic carbocycles. The van der Waals surface area contributed by atoms with E-state index in [-0.39, 0.29) is 0 Å². The second-order valence-electron chi connectivity index (χ2n) is 6.11. The summed E-state index contributed by atoms with van der Waals surface area (Å²) in [5.41, 5.74) is 1.06. The molecular weight excluding hydrogens is 260 g/mol. The maximum absolute atomic E-state index is 4.56. The van der Waals surface area contributed by atoms with Gasteiger partial charge in [0.25, 0.3) is 0 Å². The van der Waals surface area contributed by atoms with Gasteiger partial charge < -0.3 is 5.32 Å². The van der Waals surface area contributed by atoms with E-state index in [1.807, 2.05) is 12.4 Å². The molecule has 0 aliphatic heterocycles. The molecule has 1 N–H and O–H groups in total. The molecule has 0 spiro atoms. The van der Waals surface area contributed by atoms with Crippen molar-refractivity contribution >= 4 is 5.82 Å². The van der Waals surface area contributed by atoms with Crippen LogP contribution >= 0.6 is 0 Å². The van der Waals surface area contributed by atoms with Crippen LogP contribution in [0.1, 0.15) is 59.6 Å². The SMILES string of the molecule is CCCNc1cnc(CN(CC(C)C)C(CC)CC)cn1. The van der Waals surface area contributed by atoms with Crippen LogP contribution in [0, 0.1) is 5.92 Å². The first-order valence-corrected chi connectivity index (χ1v) is 8.39. The Morgan fingerprint density at radius 3 is 2.29 bits per heavy atom. The fourth-order valence-electron chi connectivity index (χ4n) is 2.61. The first kappa shape index (κ1) is 17.9. The summed E-state index contributed by atoms with van der Waals surface area (Å²) >= 11 is 0. The van der Waals surface area contributed by atoms with Gasteiger partial charge in [0.05, 0.1) is 18.1 Å². The lowest BCUT2D eigenvalue weighted by Crippen LogP contribution is -2.37. The molecule has 21 heavy (non-hydrogen) atoms. The van der Waals surface area contributed by atoms with Crippen LogP contribution in [-0.2, 0) is 6.54 Å². The van der Waals surface area contributed by atoms with Gasteiger partial charge in [0.15, 0.2) is 0 Å². The molecule has 4 nitrogen and oxygen atoms in total. The first-order valence-electron chi connectivity index (χ1n) is 8.39. The molecule has 0 atom stereocenters. The van der Waals surface area contributed by atoms with Crippen LogP contribution in [0.3, 0.4) is 0 Å². The molecule has 0 saturated heterocycles. The van der Waals surface area contributed by atoms with Gasteiger partial charge in [0, 0.05) is 25.7 Å². The zero-order valence-electron chi connectivity index (χ0n) is 14.4. The Morgan fingerprint density at radius 1 is 1.10 bits per heavy atom. The van der Waals surface area contributed by atoms with Gasteiger partial charge in [-0.1, -0.05) is 34.6 Å². The van der Waals surface area contributed by atoms with Crippen molar-refractivity contribution in [2.45, 2.75) is 66.5 Å². The molecule has 0 amide bonds. The van der Waals surface area contributed by atoms with Crippen LogP contribution < -0.4 is 5.32 Å². The van der Waals surface area contributed by atoms with Gasteiger partial charge in [-0.3, -0.25) is 9.88 Å². The largest absolute Gasteiger partial charge is 0.369 e. The second-order valence-corrected chi connectivity index (χ2v) is 6.11. The molecule has 0 bridgehead atoms. The monoisotopic (exact) mass is 292 g/mol. The topological polar surface area (TPSA) is 41.1 Å². The normalized spacial score (nSPS) is 11.6. The summed E-state index contributed by atoms with van der Waals surface area (Å²) in [6.07, 6.45) is 7.24. The van der Waals surface area contributed by atoms with E-state index in [4.69, 9.17) is 0 Å². The van der Waals surface area contributed by atoms with Crippen LogP contribution in [0.15, 0.2) is 12.4 Å². The van der Waals surface area contributed by atoms with Gasteiger partial charge in [-0.2, -0.15) is 0 Å². The van der Waals surface area contributed by atoms with E-state index in [1.54, 1.807) is 0 Å². The molecule has 0 saturated carbocycles. The van der Waals surface area contributed by atoms with Gasteiger partial charge >= 0.3 is 0 Å². The minimum atomic E-state index is 0.632. The molecular formula is C17H32N4. The second kappa shape index (κ2) is 9.72. The van der Waals surface area contributed by atoms with Crippen molar-refractivity contribution < 1.29 is 0 Å². The number of aromatic nitrogens is 2. The number of nitrogens with zero attached hydrogens (tertiary/aromatic N) is 3. The highest BCUT2D eigenvalue weighted by atomic mass is 15.2. The molecule has 0 aliphatic carbocycles. The molecule has 0 radical (unpaired) electrons. The van der Waals surface area contributed by atoms with E-state index in [1.165, 1.54) is 12.8 Å². The van der Waals surface area contributed by atoms with Crippen molar-refractivity contribution in [2.75, 3.05) is 18.4 Å². The van der Waals surface area contributed by atoms with Crippen LogP contribution in [-0.4, -0.2) is 34.0 Å². The van der Waals surface area contributed by atoms with E-state index in [0.717, 1.165) is 37.6 Å². The van der Waals surface area contributed by atoms with Crippen molar-refractivity contribution in [1.29, 1.82) is 0 Å².